The van der Waals surface area contributed by atoms with Crippen molar-refractivity contribution >= 4 is 33.3 Å². The summed E-state index contributed by atoms with van der Waals surface area (Å²) in [5, 5.41) is 10.6. The molecule has 0 radical (unpaired) electrons. The highest BCUT2D eigenvalue weighted by Gasteiger charge is 2.15. The van der Waals surface area contributed by atoms with Crippen molar-refractivity contribution in [3.63, 3.8) is 0 Å². The Bertz CT molecular complexity index is 704. The Balaban J connectivity index is 1.89. The number of halogens is 1. The highest BCUT2D eigenvalue weighted by atomic mass is 79.9. The summed E-state index contributed by atoms with van der Waals surface area (Å²) in [6, 6.07) is 9.34. The zero-order chi connectivity index (χ0) is 17.5. The molecule has 0 saturated carbocycles. The van der Waals surface area contributed by atoms with Gasteiger partial charge >= 0.3 is 0 Å². The number of carbonyl (C=O) groups excluding carboxylic acids is 1. The van der Waals surface area contributed by atoms with Crippen molar-refractivity contribution in [2.75, 3.05) is 18.1 Å². The molecule has 1 aromatic carbocycles. The van der Waals surface area contributed by atoms with Crippen molar-refractivity contribution < 1.29 is 14.5 Å². The van der Waals surface area contributed by atoms with Crippen molar-refractivity contribution in [2.24, 2.45) is 0 Å². The molecule has 0 aliphatic carbocycles. The van der Waals surface area contributed by atoms with Gasteiger partial charge in [-0.3, -0.25) is 19.8 Å². The van der Waals surface area contributed by atoms with Gasteiger partial charge in [-0.05, 0) is 47.1 Å². The quantitative estimate of drug-likeness (QED) is 0.529. The molecule has 1 heterocycles. The van der Waals surface area contributed by atoms with Crippen LogP contribution in [0.3, 0.4) is 0 Å². The van der Waals surface area contributed by atoms with Crippen LogP contribution >= 0.6 is 15.9 Å². The molecule has 0 aliphatic heterocycles. The van der Waals surface area contributed by atoms with Gasteiger partial charge in [0.1, 0.15) is 11.6 Å². The van der Waals surface area contributed by atoms with Crippen LogP contribution in [0.4, 0.5) is 11.5 Å². The molecule has 0 N–H and O–H groups in total. The molecular formula is C16H16BrN3O4. The minimum Gasteiger partial charge on any atom is -0.493 e. The van der Waals surface area contributed by atoms with E-state index in [0.717, 1.165) is 4.47 Å². The number of ether oxygens (including phenoxy) is 1. The second-order valence-electron chi connectivity index (χ2n) is 4.82. The van der Waals surface area contributed by atoms with E-state index in [1.54, 1.807) is 17.2 Å². The maximum absolute atomic E-state index is 12.3. The second-order valence-corrected chi connectivity index (χ2v) is 5.74. The van der Waals surface area contributed by atoms with E-state index in [9.17, 15) is 14.9 Å². The number of anilines is 1. The van der Waals surface area contributed by atoms with Crippen LogP contribution in [0.15, 0.2) is 47.1 Å². The molecule has 0 bridgehead atoms. The molecule has 1 amide bonds. The Morgan fingerprint density at radius 2 is 2.00 bits per heavy atom. The number of amides is 1. The molecule has 24 heavy (non-hydrogen) atoms. The number of hydrogen-bond donors (Lipinski definition) is 0. The lowest BCUT2D eigenvalue weighted by atomic mass is 10.3. The summed E-state index contributed by atoms with van der Waals surface area (Å²) in [6.07, 6.45) is 1.82. The van der Waals surface area contributed by atoms with Crippen molar-refractivity contribution in [1.29, 1.82) is 0 Å². The van der Waals surface area contributed by atoms with Crippen LogP contribution in [0, 0.1) is 10.1 Å². The fourth-order valence-electron chi connectivity index (χ4n) is 2.05. The van der Waals surface area contributed by atoms with E-state index < -0.39 is 4.92 Å². The molecule has 8 heteroatoms. The maximum Gasteiger partial charge on any atom is 0.269 e. The zero-order valence-corrected chi connectivity index (χ0v) is 14.6. The molecular weight excluding hydrogens is 378 g/mol. The average Bonchev–Trinajstić information content (AvgIpc) is 2.57. The van der Waals surface area contributed by atoms with Gasteiger partial charge in [-0.15, -0.1) is 0 Å². The van der Waals surface area contributed by atoms with Gasteiger partial charge < -0.3 is 4.74 Å². The summed E-state index contributed by atoms with van der Waals surface area (Å²) in [6.45, 7) is 2.56. The Labute approximate surface area is 147 Å². The van der Waals surface area contributed by atoms with Crippen molar-refractivity contribution in [3.8, 4) is 5.75 Å². The minimum atomic E-state index is -0.475. The number of nitro groups is 1. The number of pyridine rings is 1. The Kier molecular flexibility index (Phi) is 6.25. The topological polar surface area (TPSA) is 85.6 Å². The van der Waals surface area contributed by atoms with E-state index in [1.807, 2.05) is 13.0 Å². The minimum absolute atomic E-state index is 0.00287. The van der Waals surface area contributed by atoms with Gasteiger partial charge in [0.2, 0.25) is 5.91 Å². The van der Waals surface area contributed by atoms with Crippen LogP contribution in [0.5, 0.6) is 5.75 Å². The number of carbonyl (C=O) groups is 1. The van der Waals surface area contributed by atoms with Crippen molar-refractivity contribution in [1.82, 2.24) is 4.98 Å². The van der Waals surface area contributed by atoms with E-state index in [1.165, 1.54) is 24.3 Å². The molecule has 0 aliphatic rings. The third-order valence-electron chi connectivity index (χ3n) is 3.24. The highest BCUT2D eigenvalue weighted by molar-refractivity contribution is 9.10. The van der Waals surface area contributed by atoms with E-state index in [-0.39, 0.29) is 24.6 Å². The SMILES string of the molecule is CCN(C(=O)CCOc1ccc([N+](=O)[O-])cc1)c1ccc(Br)cn1. The lowest BCUT2D eigenvalue weighted by Crippen LogP contribution is -2.32. The lowest BCUT2D eigenvalue weighted by Gasteiger charge is -2.20. The number of aromatic nitrogens is 1. The van der Waals surface area contributed by atoms with Crippen LogP contribution in [0.1, 0.15) is 13.3 Å². The molecule has 0 saturated heterocycles. The van der Waals surface area contributed by atoms with E-state index in [4.69, 9.17) is 4.74 Å². The normalized spacial score (nSPS) is 10.2. The molecule has 7 nitrogen and oxygen atoms in total. The van der Waals surface area contributed by atoms with Crippen LogP contribution in [0.2, 0.25) is 0 Å². The molecule has 0 unspecified atom stereocenters. The predicted molar refractivity (Wildman–Crippen MR) is 93.2 cm³/mol. The molecule has 0 fully saturated rings. The first-order chi connectivity index (χ1) is 11.5. The first-order valence-corrected chi connectivity index (χ1v) is 8.09. The number of non-ortho nitro benzene ring substituents is 1. The monoisotopic (exact) mass is 393 g/mol. The van der Waals surface area contributed by atoms with Gasteiger partial charge in [-0.1, -0.05) is 0 Å². The Hall–Kier alpha value is -2.48. The fraction of sp³-hybridized carbons (Fsp3) is 0.250. The first kappa shape index (κ1) is 17.9. The summed E-state index contributed by atoms with van der Waals surface area (Å²) in [5.74, 6) is 0.966. The molecule has 0 spiro atoms. The van der Waals surface area contributed by atoms with Crippen molar-refractivity contribution in [3.05, 3.63) is 57.2 Å². The van der Waals surface area contributed by atoms with Crippen LogP contribution in [-0.2, 0) is 4.79 Å². The Morgan fingerprint density at radius 3 is 2.54 bits per heavy atom. The number of rotatable bonds is 7. The van der Waals surface area contributed by atoms with Gasteiger partial charge in [0.05, 0.1) is 18.0 Å². The zero-order valence-electron chi connectivity index (χ0n) is 13.0. The maximum atomic E-state index is 12.3. The van der Waals surface area contributed by atoms with E-state index in [0.29, 0.717) is 18.1 Å². The van der Waals surface area contributed by atoms with Gasteiger partial charge in [0, 0.05) is 29.3 Å². The number of benzene rings is 1. The van der Waals surface area contributed by atoms with Crippen molar-refractivity contribution in [2.45, 2.75) is 13.3 Å². The molecule has 2 aromatic rings. The van der Waals surface area contributed by atoms with Gasteiger partial charge in [-0.2, -0.15) is 0 Å². The molecule has 1 aromatic heterocycles. The largest absolute Gasteiger partial charge is 0.493 e. The summed E-state index contributed by atoms with van der Waals surface area (Å²) < 4.78 is 6.31. The molecule has 0 atom stereocenters. The number of hydrogen-bond acceptors (Lipinski definition) is 5. The first-order valence-electron chi connectivity index (χ1n) is 7.30. The number of nitro benzene ring substituents is 1. The summed E-state index contributed by atoms with van der Waals surface area (Å²) in [7, 11) is 0. The molecule has 2 rings (SSSR count). The predicted octanol–water partition coefficient (Wildman–Crippen LogP) is 3.57. The van der Waals surface area contributed by atoms with Crippen LogP contribution in [0.25, 0.3) is 0 Å². The standard InChI is InChI=1S/C16H16BrN3O4/c1-2-19(15-8-3-12(17)11-18-15)16(21)9-10-24-14-6-4-13(5-7-14)20(22)23/h3-8,11H,2,9-10H2,1H3. The van der Waals surface area contributed by atoms with E-state index in [2.05, 4.69) is 20.9 Å². The second kappa shape index (κ2) is 8.39. The smallest absolute Gasteiger partial charge is 0.269 e. The van der Waals surface area contributed by atoms with Gasteiger partial charge in [0.25, 0.3) is 5.69 Å². The third-order valence-corrected chi connectivity index (χ3v) is 3.71. The van der Waals surface area contributed by atoms with Gasteiger partial charge in [0.15, 0.2) is 0 Å². The summed E-state index contributed by atoms with van der Waals surface area (Å²) in [4.78, 5) is 28.2. The summed E-state index contributed by atoms with van der Waals surface area (Å²) in [5.41, 5.74) is -0.00287. The summed E-state index contributed by atoms with van der Waals surface area (Å²) >= 11 is 3.31. The van der Waals surface area contributed by atoms with E-state index >= 15 is 0 Å². The van der Waals surface area contributed by atoms with Crippen LogP contribution < -0.4 is 9.64 Å². The number of nitrogens with zero attached hydrogens (tertiary/aromatic N) is 3. The van der Waals surface area contributed by atoms with Crippen LogP contribution in [-0.4, -0.2) is 29.0 Å². The average molecular weight is 394 g/mol. The molecule has 126 valence electrons. The Morgan fingerprint density at radius 1 is 1.29 bits per heavy atom. The fourth-order valence-corrected chi connectivity index (χ4v) is 2.28. The van der Waals surface area contributed by atoms with Gasteiger partial charge in [-0.25, -0.2) is 4.98 Å². The lowest BCUT2D eigenvalue weighted by molar-refractivity contribution is -0.384. The highest BCUT2D eigenvalue weighted by Crippen LogP contribution is 2.18. The third kappa shape index (κ3) is 4.76.